The number of aromatic amines is 1. The number of nitrogens with zero attached hydrogens (tertiary/aromatic N) is 3. The molecule has 0 atom stereocenters. The second-order valence-corrected chi connectivity index (χ2v) is 6.34. The maximum Gasteiger partial charge on any atom is 0.278 e. The molecule has 0 aliphatic heterocycles. The second-order valence-electron chi connectivity index (χ2n) is 5.40. The van der Waals surface area contributed by atoms with Crippen LogP contribution in [0.3, 0.4) is 0 Å². The third-order valence-corrected chi connectivity index (χ3v) is 4.61. The van der Waals surface area contributed by atoms with E-state index < -0.39 is 0 Å². The number of hydrogen-bond acceptors (Lipinski definition) is 6. The number of carbonyl (C=O) groups is 1. The lowest BCUT2D eigenvalue weighted by Gasteiger charge is -2.10. The maximum atomic E-state index is 12.3. The molecule has 0 unspecified atom stereocenters. The van der Waals surface area contributed by atoms with Crippen LogP contribution in [-0.4, -0.2) is 38.3 Å². The number of H-pyrrole nitrogens is 1. The highest BCUT2D eigenvalue weighted by Crippen LogP contribution is 2.26. The van der Waals surface area contributed by atoms with Gasteiger partial charge in [-0.05, 0) is 24.6 Å². The first kappa shape index (κ1) is 17.0. The van der Waals surface area contributed by atoms with Gasteiger partial charge in [-0.1, -0.05) is 17.8 Å². The topological polar surface area (TPSA) is 102 Å². The number of nitrogens with one attached hydrogen (secondary N) is 2. The smallest absolute Gasteiger partial charge is 0.278 e. The average Bonchev–Trinajstić information content (AvgIpc) is 2.91. The number of ether oxygens (including phenoxy) is 1. The lowest BCUT2D eigenvalue weighted by Crippen LogP contribution is -2.15. The summed E-state index contributed by atoms with van der Waals surface area (Å²) in [5, 5.41) is 3.38. The Labute approximate surface area is 147 Å². The van der Waals surface area contributed by atoms with Gasteiger partial charge in [0, 0.05) is 7.05 Å². The van der Waals surface area contributed by atoms with Crippen LogP contribution in [0, 0.1) is 6.92 Å². The van der Waals surface area contributed by atoms with E-state index in [9.17, 15) is 9.59 Å². The van der Waals surface area contributed by atoms with Crippen molar-refractivity contribution in [2.24, 2.45) is 7.05 Å². The number of rotatable bonds is 5. The molecule has 130 valence electrons. The third-order valence-electron chi connectivity index (χ3n) is 3.58. The van der Waals surface area contributed by atoms with E-state index in [1.54, 1.807) is 18.7 Å². The van der Waals surface area contributed by atoms with Crippen LogP contribution in [-0.2, 0) is 11.8 Å². The molecule has 0 aliphatic rings. The fourth-order valence-corrected chi connectivity index (χ4v) is 3.12. The van der Waals surface area contributed by atoms with Crippen molar-refractivity contribution in [3.63, 3.8) is 0 Å². The number of carbonyl (C=O) groups excluding carboxylic acids is 1. The highest BCUT2D eigenvalue weighted by atomic mass is 32.2. The zero-order chi connectivity index (χ0) is 18.0. The molecule has 0 radical (unpaired) electrons. The number of anilines is 1. The number of aryl methyl sites for hydroxylation is 2. The average molecular weight is 359 g/mol. The molecule has 1 amide bonds. The van der Waals surface area contributed by atoms with Crippen molar-refractivity contribution < 1.29 is 9.53 Å². The molecule has 2 N–H and O–H groups in total. The summed E-state index contributed by atoms with van der Waals surface area (Å²) in [5.41, 5.74) is 2.07. The van der Waals surface area contributed by atoms with E-state index in [4.69, 9.17) is 4.74 Å². The Kier molecular flexibility index (Phi) is 4.75. The van der Waals surface area contributed by atoms with Gasteiger partial charge in [0.1, 0.15) is 5.75 Å². The molecule has 8 nitrogen and oxygen atoms in total. The number of thioether (sulfide) groups is 1. The first-order valence-electron chi connectivity index (χ1n) is 7.47. The van der Waals surface area contributed by atoms with Gasteiger partial charge in [-0.15, -0.1) is 0 Å². The Morgan fingerprint density at radius 3 is 2.96 bits per heavy atom. The summed E-state index contributed by atoms with van der Waals surface area (Å²) in [6.45, 7) is 1.94. The number of aromatic nitrogens is 4. The normalized spacial score (nSPS) is 10.8. The molecule has 0 spiro atoms. The zero-order valence-corrected chi connectivity index (χ0v) is 14.8. The summed E-state index contributed by atoms with van der Waals surface area (Å²) in [5.74, 6) is 0.553. The molecule has 3 aromatic rings. The zero-order valence-electron chi connectivity index (χ0n) is 14.0. The molecular weight excluding hydrogens is 342 g/mol. The van der Waals surface area contributed by atoms with Gasteiger partial charge in [0.05, 0.1) is 24.9 Å². The van der Waals surface area contributed by atoms with Crippen LogP contribution in [0.4, 0.5) is 5.69 Å². The lowest BCUT2D eigenvalue weighted by molar-refractivity contribution is -0.113. The SMILES string of the molecule is COc1ccc(C)cc1NC(=O)CSc1nc2c(=O)[nH]cnc2n1C. The highest BCUT2D eigenvalue weighted by molar-refractivity contribution is 7.99. The van der Waals surface area contributed by atoms with Crippen molar-refractivity contribution in [2.75, 3.05) is 18.2 Å². The number of hydrogen-bond donors (Lipinski definition) is 2. The lowest BCUT2D eigenvalue weighted by atomic mass is 10.2. The molecule has 0 aliphatic carbocycles. The minimum absolute atomic E-state index is 0.145. The monoisotopic (exact) mass is 359 g/mol. The number of imidazole rings is 1. The summed E-state index contributed by atoms with van der Waals surface area (Å²) >= 11 is 1.23. The van der Waals surface area contributed by atoms with E-state index in [2.05, 4.69) is 20.3 Å². The van der Waals surface area contributed by atoms with Crippen molar-refractivity contribution >= 4 is 34.5 Å². The van der Waals surface area contributed by atoms with Gasteiger partial charge in [0.2, 0.25) is 5.91 Å². The Morgan fingerprint density at radius 2 is 2.24 bits per heavy atom. The predicted molar refractivity (Wildman–Crippen MR) is 96.2 cm³/mol. The molecule has 2 aromatic heterocycles. The molecule has 9 heteroatoms. The first-order valence-corrected chi connectivity index (χ1v) is 8.45. The van der Waals surface area contributed by atoms with Crippen LogP contribution in [0.15, 0.2) is 34.5 Å². The van der Waals surface area contributed by atoms with E-state index in [0.717, 1.165) is 5.56 Å². The van der Waals surface area contributed by atoms with Gasteiger partial charge in [-0.25, -0.2) is 9.97 Å². The van der Waals surface area contributed by atoms with E-state index in [1.165, 1.54) is 18.1 Å². The number of amides is 1. The minimum Gasteiger partial charge on any atom is -0.495 e. The summed E-state index contributed by atoms with van der Waals surface area (Å²) < 4.78 is 6.94. The van der Waals surface area contributed by atoms with E-state index >= 15 is 0 Å². The van der Waals surface area contributed by atoms with Crippen LogP contribution < -0.4 is 15.6 Å². The van der Waals surface area contributed by atoms with Gasteiger partial charge >= 0.3 is 0 Å². The third kappa shape index (κ3) is 3.50. The molecule has 3 rings (SSSR count). The Hall–Kier alpha value is -2.81. The fraction of sp³-hybridized carbons (Fsp3) is 0.250. The number of benzene rings is 1. The second kappa shape index (κ2) is 6.98. The van der Waals surface area contributed by atoms with Gasteiger partial charge < -0.3 is 19.6 Å². The van der Waals surface area contributed by atoms with E-state index in [-0.39, 0.29) is 22.7 Å². The Bertz CT molecular complexity index is 995. The quantitative estimate of drug-likeness (QED) is 0.673. The molecular formula is C16H17N5O3S. The standard InChI is InChI=1S/C16H17N5O3S/c1-9-4-5-11(24-3)10(6-9)19-12(22)7-25-16-20-13-14(21(16)2)17-8-18-15(13)23/h4-6,8H,7H2,1-3H3,(H,19,22)(H,17,18,23). The van der Waals surface area contributed by atoms with Crippen molar-refractivity contribution in [1.82, 2.24) is 19.5 Å². The van der Waals surface area contributed by atoms with Crippen LogP contribution in [0.1, 0.15) is 5.56 Å². The van der Waals surface area contributed by atoms with Gasteiger partial charge in [0.25, 0.3) is 5.56 Å². The van der Waals surface area contributed by atoms with Crippen LogP contribution in [0.5, 0.6) is 5.75 Å². The Balaban J connectivity index is 1.73. The van der Waals surface area contributed by atoms with E-state index in [0.29, 0.717) is 22.2 Å². The van der Waals surface area contributed by atoms with Crippen molar-refractivity contribution in [1.29, 1.82) is 0 Å². The number of fused-ring (bicyclic) bond motifs is 1. The van der Waals surface area contributed by atoms with Gasteiger partial charge in [-0.3, -0.25) is 9.59 Å². The molecule has 1 aromatic carbocycles. The molecule has 0 saturated carbocycles. The van der Waals surface area contributed by atoms with Crippen molar-refractivity contribution in [3.05, 3.63) is 40.4 Å². The highest BCUT2D eigenvalue weighted by Gasteiger charge is 2.14. The molecule has 25 heavy (non-hydrogen) atoms. The molecule has 0 saturated heterocycles. The van der Waals surface area contributed by atoms with Crippen molar-refractivity contribution in [2.45, 2.75) is 12.1 Å². The van der Waals surface area contributed by atoms with Gasteiger partial charge in [-0.2, -0.15) is 0 Å². The predicted octanol–water partition coefficient (Wildman–Crippen LogP) is 1.70. The number of methoxy groups -OCH3 is 1. The van der Waals surface area contributed by atoms with Crippen LogP contribution >= 0.6 is 11.8 Å². The maximum absolute atomic E-state index is 12.3. The van der Waals surface area contributed by atoms with E-state index in [1.807, 2.05) is 25.1 Å². The molecule has 0 bridgehead atoms. The summed E-state index contributed by atoms with van der Waals surface area (Å²) in [6.07, 6.45) is 1.33. The minimum atomic E-state index is -0.304. The fourth-order valence-electron chi connectivity index (χ4n) is 2.36. The summed E-state index contributed by atoms with van der Waals surface area (Å²) in [7, 11) is 3.31. The van der Waals surface area contributed by atoms with Crippen molar-refractivity contribution in [3.8, 4) is 5.75 Å². The summed E-state index contributed by atoms with van der Waals surface area (Å²) in [6, 6.07) is 5.56. The first-order chi connectivity index (χ1) is 12.0. The van der Waals surface area contributed by atoms with Crippen LogP contribution in [0.2, 0.25) is 0 Å². The van der Waals surface area contributed by atoms with Gasteiger partial charge in [0.15, 0.2) is 16.3 Å². The summed E-state index contributed by atoms with van der Waals surface area (Å²) in [4.78, 5) is 34.8. The Morgan fingerprint density at radius 1 is 1.44 bits per heavy atom. The molecule has 0 fully saturated rings. The van der Waals surface area contributed by atoms with Crippen LogP contribution in [0.25, 0.3) is 11.2 Å². The largest absolute Gasteiger partial charge is 0.495 e. The molecule has 2 heterocycles.